The highest BCUT2D eigenvalue weighted by Crippen LogP contribution is 2.35. The molecule has 1 heterocycles. The lowest BCUT2D eigenvalue weighted by Gasteiger charge is -2.17. The van der Waals surface area contributed by atoms with E-state index in [1.54, 1.807) is 24.3 Å². The number of carbonyl (C=O) groups excluding carboxylic acids is 2. The number of nitrogens with zero attached hydrogens (tertiary/aromatic N) is 1. The molecule has 1 aliphatic rings. The molecule has 2 amide bonds. The van der Waals surface area contributed by atoms with E-state index in [2.05, 4.69) is 5.32 Å². The summed E-state index contributed by atoms with van der Waals surface area (Å²) in [7, 11) is 0. The van der Waals surface area contributed by atoms with Gasteiger partial charge in [0, 0.05) is 5.69 Å². The van der Waals surface area contributed by atoms with Crippen molar-refractivity contribution in [2.45, 2.75) is 40.7 Å². The van der Waals surface area contributed by atoms with Crippen molar-refractivity contribution in [3.8, 4) is 5.75 Å². The molecule has 0 atom stereocenters. The number of rotatable bonds is 6. The van der Waals surface area contributed by atoms with Crippen molar-refractivity contribution < 1.29 is 14.3 Å². The Morgan fingerprint density at radius 1 is 0.788 bits per heavy atom. The third-order valence-corrected chi connectivity index (χ3v) is 5.67. The molecule has 33 heavy (non-hydrogen) atoms. The Kier molecular flexibility index (Phi) is 6.05. The first kappa shape index (κ1) is 22.3. The minimum absolute atomic E-state index is 0.0364. The second-order valence-corrected chi connectivity index (χ2v) is 8.65. The molecule has 0 bridgehead atoms. The lowest BCUT2D eigenvalue weighted by molar-refractivity contribution is -0.120. The fraction of sp³-hybridized carbons (Fsp3) is 0.214. The van der Waals surface area contributed by atoms with Gasteiger partial charge in [0.05, 0.1) is 17.4 Å². The second-order valence-electron chi connectivity index (χ2n) is 8.65. The number of aryl methyl sites for hydroxylation is 3. The van der Waals surface area contributed by atoms with E-state index >= 15 is 0 Å². The van der Waals surface area contributed by atoms with Gasteiger partial charge in [-0.3, -0.25) is 9.59 Å². The van der Waals surface area contributed by atoms with Crippen LogP contribution in [0.3, 0.4) is 0 Å². The van der Waals surface area contributed by atoms with Crippen molar-refractivity contribution in [2.75, 3.05) is 10.2 Å². The highest BCUT2D eigenvalue weighted by atomic mass is 16.5. The van der Waals surface area contributed by atoms with Gasteiger partial charge in [-0.15, -0.1) is 0 Å². The van der Waals surface area contributed by atoms with Crippen LogP contribution in [0.15, 0.2) is 72.4 Å². The van der Waals surface area contributed by atoms with Crippen LogP contribution in [-0.2, 0) is 9.59 Å². The number of amides is 2. The van der Waals surface area contributed by atoms with E-state index in [-0.39, 0.29) is 23.6 Å². The molecule has 5 heteroatoms. The SMILES string of the molecule is Cc1ccc(NC2=C(c3ccc(C)c(C)c3)C(=O)N(c3ccc(OC(C)C)cc3)C2=O)cc1. The summed E-state index contributed by atoms with van der Waals surface area (Å²) in [5, 5.41) is 3.21. The van der Waals surface area contributed by atoms with Gasteiger partial charge in [-0.2, -0.15) is 0 Å². The first-order valence-electron chi connectivity index (χ1n) is 11.1. The number of carbonyl (C=O) groups is 2. The summed E-state index contributed by atoms with van der Waals surface area (Å²) in [6, 6.07) is 20.6. The Balaban J connectivity index is 1.76. The predicted molar refractivity (Wildman–Crippen MR) is 132 cm³/mol. The molecule has 5 nitrogen and oxygen atoms in total. The molecule has 0 unspecified atom stereocenters. The van der Waals surface area contributed by atoms with Gasteiger partial charge in [0.2, 0.25) is 0 Å². The van der Waals surface area contributed by atoms with Crippen molar-refractivity contribution in [1.29, 1.82) is 0 Å². The highest BCUT2D eigenvalue weighted by molar-refractivity contribution is 6.46. The lowest BCUT2D eigenvalue weighted by atomic mass is 9.99. The number of nitrogens with one attached hydrogen (secondary N) is 1. The number of hydrogen-bond donors (Lipinski definition) is 1. The first-order chi connectivity index (χ1) is 15.7. The molecular formula is C28H28N2O3. The predicted octanol–water partition coefficient (Wildman–Crippen LogP) is 5.80. The molecule has 1 aliphatic heterocycles. The molecule has 0 aliphatic carbocycles. The van der Waals surface area contributed by atoms with E-state index in [1.165, 1.54) is 4.90 Å². The zero-order valence-electron chi connectivity index (χ0n) is 19.6. The van der Waals surface area contributed by atoms with E-state index in [9.17, 15) is 9.59 Å². The van der Waals surface area contributed by atoms with Gasteiger partial charge in [0.15, 0.2) is 0 Å². The zero-order valence-corrected chi connectivity index (χ0v) is 19.6. The van der Waals surface area contributed by atoms with Crippen molar-refractivity contribution in [3.63, 3.8) is 0 Å². The maximum Gasteiger partial charge on any atom is 0.282 e. The normalized spacial score (nSPS) is 13.8. The van der Waals surface area contributed by atoms with Gasteiger partial charge in [0.1, 0.15) is 11.4 Å². The lowest BCUT2D eigenvalue weighted by Crippen LogP contribution is -2.32. The van der Waals surface area contributed by atoms with Gasteiger partial charge in [-0.25, -0.2) is 4.90 Å². The summed E-state index contributed by atoms with van der Waals surface area (Å²) in [5.41, 5.74) is 5.91. The monoisotopic (exact) mass is 440 g/mol. The molecule has 1 N–H and O–H groups in total. The van der Waals surface area contributed by atoms with Gasteiger partial charge < -0.3 is 10.1 Å². The number of imide groups is 1. The summed E-state index contributed by atoms with van der Waals surface area (Å²) < 4.78 is 5.70. The molecule has 0 spiro atoms. The Labute approximate surface area is 194 Å². The summed E-state index contributed by atoms with van der Waals surface area (Å²) in [6.45, 7) is 9.92. The molecule has 0 saturated carbocycles. The van der Waals surface area contributed by atoms with Gasteiger partial charge in [0.25, 0.3) is 11.8 Å². The molecule has 3 aromatic carbocycles. The minimum atomic E-state index is -0.383. The van der Waals surface area contributed by atoms with Crippen LogP contribution < -0.4 is 15.0 Å². The number of hydrogen-bond acceptors (Lipinski definition) is 4. The van der Waals surface area contributed by atoms with Crippen LogP contribution in [0.2, 0.25) is 0 Å². The average molecular weight is 441 g/mol. The molecule has 3 aromatic rings. The van der Waals surface area contributed by atoms with Gasteiger partial charge in [-0.05, 0) is 87.7 Å². The number of anilines is 2. The third-order valence-electron chi connectivity index (χ3n) is 5.67. The summed E-state index contributed by atoms with van der Waals surface area (Å²) in [5.74, 6) is -0.0464. The van der Waals surface area contributed by atoms with Crippen molar-refractivity contribution in [2.24, 2.45) is 0 Å². The fourth-order valence-corrected chi connectivity index (χ4v) is 3.77. The Hall–Kier alpha value is -3.86. The van der Waals surface area contributed by atoms with Crippen molar-refractivity contribution in [3.05, 3.63) is 94.7 Å². The first-order valence-corrected chi connectivity index (χ1v) is 11.1. The van der Waals surface area contributed by atoms with Crippen LogP contribution in [0.25, 0.3) is 5.57 Å². The third kappa shape index (κ3) is 4.53. The Morgan fingerprint density at radius 2 is 1.45 bits per heavy atom. The molecule has 168 valence electrons. The zero-order chi connectivity index (χ0) is 23.7. The van der Waals surface area contributed by atoms with Crippen LogP contribution in [0.1, 0.15) is 36.1 Å². The quantitative estimate of drug-likeness (QED) is 0.493. The molecule has 0 saturated heterocycles. The average Bonchev–Trinajstić information content (AvgIpc) is 3.01. The standard InChI is InChI=1S/C28H28N2O3/c1-17(2)33-24-14-12-23(13-15-24)30-27(31)25(21-9-8-19(4)20(5)16-21)26(28(30)32)29-22-10-6-18(3)7-11-22/h6-17,29H,1-5H3. The van der Waals surface area contributed by atoms with Crippen LogP contribution in [0.5, 0.6) is 5.75 Å². The van der Waals surface area contributed by atoms with E-state index in [1.807, 2.05) is 77.1 Å². The maximum absolute atomic E-state index is 13.6. The van der Waals surface area contributed by atoms with E-state index in [0.29, 0.717) is 22.6 Å². The molecule has 0 aromatic heterocycles. The molecule has 4 rings (SSSR count). The van der Waals surface area contributed by atoms with E-state index in [0.717, 1.165) is 22.4 Å². The Morgan fingerprint density at radius 3 is 2.06 bits per heavy atom. The number of benzene rings is 3. The Bertz CT molecular complexity index is 1240. The van der Waals surface area contributed by atoms with Crippen LogP contribution in [-0.4, -0.2) is 17.9 Å². The van der Waals surface area contributed by atoms with Gasteiger partial charge >= 0.3 is 0 Å². The largest absolute Gasteiger partial charge is 0.491 e. The topological polar surface area (TPSA) is 58.6 Å². The van der Waals surface area contributed by atoms with Crippen molar-refractivity contribution in [1.82, 2.24) is 0 Å². The molecule has 0 radical (unpaired) electrons. The minimum Gasteiger partial charge on any atom is -0.491 e. The number of ether oxygens (including phenoxy) is 1. The van der Waals surface area contributed by atoms with E-state index in [4.69, 9.17) is 4.74 Å². The summed E-state index contributed by atoms with van der Waals surface area (Å²) in [4.78, 5) is 28.4. The van der Waals surface area contributed by atoms with Crippen molar-refractivity contribution >= 4 is 28.8 Å². The summed E-state index contributed by atoms with van der Waals surface area (Å²) in [6.07, 6.45) is 0.0364. The smallest absolute Gasteiger partial charge is 0.282 e. The van der Waals surface area contributed by atoms with Gasteiger partial charge in [-0.1, -0.05) is 35.9 Å². The second kappa shape index (κ2) is 8.94. The van der Waals surface area contributed by atoms with Crippen LogP contribution >= 0.6 is 0 Å². The molecular weight excluding hydrogens is 412 g/mol. The maximum atomic E-state index is 13.6. The summed E-state index contributed by atoms with van der Waals surface area (Å²) >= 11 is 0. The van der Waals surface area contributed by atoms with Crippen LogP contribution in [0, 0.1) is 20.8 Å². The fourth-order valence-electron chi connectivity index (χ4n) is 3.77. The van der Waals surface area contributed by atoms with Crippen LogP contribution in [0.4, 0.5) is 11.4 Å². The highest BCUT2D eigenvalue weighted by Gasteiger charge is 2.40. The van der Waals surface area contributed by atoms with E-state index < -0.39 is 0 Å². The molecule has 0 fully saturated rings.